The number of carbonyl (C=O) groups excluding carboxylic acids is 3. The Labute approximate surface area is 254 Å². The number of thioether (sulfide) groups is 3. The van der Waals surface area contributed by atoms with Crippen LogP contribution in [0.1, 0.15) is 17.3 Å². The lowest BCUT2D eigenvalue weighted by Crippen LogP contribution is -2.70. The molecular formula is C22H24N10O6S4. The number of hydrogen-bond donors (Lipinski definition) is 6. The number of nitroso groups, excluding NO2 is 1. The average Bonchev–Trinajstić information content (AvgIpc) is 3.37. The van der Waals surface area contributed by atoms with Crippen LogP contribution >= 0.6 is 46.6 Å². The van der Waals surface area contributed by atoms with E-state index in [0.717, 1.165) is 26.7 Å². The van der Waals surface area contributed by atoms with Crippen molar-refractivity contribution in [3.63, 3.8) is 0 Å². The molecular weight excluding hydrogens is 629 g/mol. The Morgan fingerprint density at radius 3 is 2.79 bits per heavy atom. The normalized spacial score (nSPS) is 19.1. The number of rotatable bonds is 14. The van der Waals surface area contributed by atoms with Gasteiger partial charge < -0.3 is 32.9 Å². The monoisotopic (exact) mass is 652 g/mol. The summed E-state index contributed by atoms with van der Waals surface area (Å²) in [5.74, 6) is -1.86. The number of guanidine groups is 1. The molecule has 2 unspecified atom stereocenters. The number of pyridine rings is 1. The van der Waals surface area contributed by atoms with E-state index in [-0.39, 0.29) is 28.2 Å². The standard InChI is InChI=1S/C22H24N10O6S4/c23-21(24)29-13(27-8-33)7-39-4-9-3-26-2-1-11(9)42-12-6-40-19-15(18(35)32(19)16(12)20(36)37)30-17(34)14(31-38)10-5-41-22(25)28-10/h1-3,5,8,13-15,19H,4,6-7H2,(H2,25,28)(H,27,33)(H,30,34)(H,36,37)(H4,23,24,29)/t13?,14?,15-,19+/m1/s1. The minimum Gasteiger partial charge on any atom is -0.477 e. The average molecular weight is 653 g/mol. The first-order valence-electron chi connectivity index (χ1n) is 11.9. The molecule has 42 heavy (non-hydrogen) atoms. The van der Waals surface area contributed by atoms with Crippen molar-refractivity contribution in [2.45, 2.75) is 34.3 Å². The van der Waals surface area contributed by atoms with Crippen LogP contribution in [0.5, 0.6) is 0 Å². The molecule has 0 aliphatic carbocycles. The van der Waals surface area contributed by atoms with Crippen molar-refractivity contribution >= 4 is 81.9 Å². The topological polar surface area (TPSA) is 261 Å². The second-order valence-corrected chi connectivity index (χ2v) is 12.7. The Morgan fingerprint density at radius 1 is 1.36 bits per heavy atom. The van der Waals surface area contributed by atoms with Gasteiger partial charge in [0.1, 0.15) is 23.3 Å². The summed E-state index contributed by atoms with van der Waals surface area (Å²) >= 11 is 4.94. The van der Waals surface area contributed by atoms with E-state index < -0.39 is 41.4 Å². The molecule has 1 saturated heterocycles. The second-order valence-electron chi connectivity index (χ2n) is 8.55. The Balaban J connectivity index is 1.46. The third-order valence-corrected chi connectivity index (χ3v) is 10.2. The van der Waals surface area contributed by atoms with Crippen LogP contribution in [-0.2, 0) is 24.9 Å². The number of carboxylic acid groups (broad SMARTS) is 1. The van der Waals surface area contributed by atoms with Crippen LogP contribution < -0.4 is 27.8 Å². The molecule has 0 bridgehead atoms. The van der Waals surface area contributed by atoms with Gasteiger partial charge in [0, 0.05) is 44.8 Å². The third-order valence-electron chi connectivity index (χ3n) is 5.80. The lowest BCUT2D eigenvalue weighted by molar-refractivity contribution is -0.150. The van der Waals surface area contributed by atoms with Gasteiger partial charge in [-0.15, -0.1) is 28.0 Å². The Bertz CT molecular complexity index is 1450. The molecule has 0 saturated carbocycles. The molecule has 2 aromatic rings. The van der Waals surface area contributed by atoms with Crippen molar-refractivity contribution in [2.75, 3.05) is 17.2 Å². The number of thiazole rings is 1. The molecule has 4 atom stereocenters. The van der Waals surface area contributed by atoms with Crippen molar-refractivity contribution in [3.05, 3.63) is 50.6 Å². The van der Waals surface area contributed by atoms with Gasteiger partial charge in [-0.1, -0.05) is 11.8 Å². The van der Waals surface area contributed by atoms with Crippen molar-refractivity contribution in [1.82, 2.24) is 25.5 Å². The first-order valence-corrected chi connectivity index (χ1v) is 15.8. The second kappa shape index (κ2) is 13.9. The van der Waals surface area contributed by atoms with Crippen molar-refractivity contribution in [3.8, 4) is 0 Å². The fourth-order valence-electron chi connectivity index (χ4n) is 3.98. The number of carboxylic acids is 1. The van der Waals surface area contributed by atoms with Crippen LogP contribution in [-0.4, -0.2) is 79.2 Å². The molecule has 20 heteroatoms. The molecule has 4 heterocycles. The SMILES string of the molecule is NC(N)=NC(CSCc1cnccc1SC1=C(C(=O)O)N2C(=O)[C@@H](NC(=O)C(N=O)c3csc(N)n3)[C@@H]2SC1)NC=O. The van der Waals surface area contributed by atoms with Crippen LogP contribution in [0.4, 0.5) is 5.13 Å². The van der Waals surface area contributed by atoms with E-state index in [4.69, 9.17) is 17.2 Å². The van der Waals surface area contributed by atoms with Gasteiger partial charge in [-0.2, -0.15) is 11.8 Å². The fraction of sp³-hybridized carbons (Fsp3) is 0.318. The lowest BCUT2D eigenvalue weighted by atomic mass is 10.0. The number of amides is 3. The summed E-state index contributed by atoms with van der Waals surface area (Å²) < 4.78 is 0. The van der Waals surface area contributed by atoms with E-state index in [1.54, 1.807) is 18.5 Å². The number of aromatic nitrogens is 2. The summed E-state index contributed by atoms with van der Waals surface area (Å²) in [5, 5.41) is 18.8. The zero-order valence-electron chi connectivity index (χ0n) is 21.4. The van der Waals surface area contributed by atoms with E-state index >= 15 is 0 Å². The molecule has 9 N–H and O–H groups in total. The lowest BCUT2D eigenvalue weighted by Gasteiger charge is -2.49. The summed E-state index contributed by atoms with van der Waals surface area (Å²) in [4.78, 5) is 74.6. The Morgan fingerprint density at radius 2 is 2.14 bits per heavy atom. The number of anilines is 1. The van der Waals surface area contributed by atoms with Crippen molar-refractivity contribution < 1.29 is 24.3 Å². The van der Waals surface area contributed by atoms with E-state index in [1.807, 2.05) is 0 Å². The highest BCUT2D eigenvalue weighted by Crippen LogP contribution is 2.46. The third kappa shape index (κ3) is 6.94. The van der Waals surface area contributed by atoms with E-state index in [9.17, 15) is 29.2 Å². The number of nitrogens with one attached hydrogen (secondary N) is 2. The van der Waals surface area contributed by atoms with Crippen LogP contribution in [0.15, 0.2) is 49.5 Å². The van der Waals surface area contributed by atoms with E-state index in [0.29, 0.717) is 22.8 Å². The summed E-state index contributed by atoms with van der Waals surface area (Å²) in [6.07, 6.45) is 3.09. The molecule has 1 fully saturated rings. The van der Waals surface area contributed by atoms with Gasteiger partial charge >= 0.3 is 5.97 Å². The Hall–Kier alpha value is -3.88. The number of β-lactam (4-membered cyclic amide) rings is 1. The molecule has 2 aromatic heterocycles. The number of fused-ring (bicyclic) bond motifs is 1. The van der Waals surface area contributed by atoms with Crippen molar-refractivity contribution in [2.24, 2.45) is 21.6 Å². The number of aliphatic carboxylic acids is 1. The molecule has 2 aliphatic heterocycles. The van der Waals surface area contributed by atoms with E-state index in [1.165, 1.54) is 40.7 Å². The van der Waals surface area contributed by atoms with Crippen molar-refractivity contribution in [1.29, 1.82) is 0 Å². The maximum Gasteiger partial charge on any atom is 0.353 e. The predicted octanol–water partition coefficient (Wildman–Crippen LogP) is -0.00510. The highest BCUT2D eigenvalue weighted by Gasteiger charge is 2.54. The molecule has 0 spiro atoms. The zero-order chi connectivity index (χ0) is 30.4. The number of nitrogen functional groups attached to an aromatic ring is 1. The maximum atomic E-state index is 13.1. The minimum absolute atomic E-state index is 0.0628. The summed E-state index contributed by atoms with van der Waals surface area (Å²) in [7, 11) is 0. The van der Waals surface area contributed by atoms with Crippen LogP contribution in [0.3, 0.4) is 0 Å². The van der Waals surface area contributed by atoms with Crippen LogP contribution in [0, 0.1) is 4.91 Å². The molecule has 2 aliphatic rings. The molecule has 222 valence electrons. The quantitative estimate of drug-likeness (QED) is 0.0516. The number of nitrogens with zero attached hydrogens (tertiary/aromatic N) is 5. The highest BCUT2D eigenvalue weighted by molar-refractivity contribution is 8.06. The smallest absolute Gasteiger partial charge is 0.353 e. The number of nitrogens with two attached hydrogens (primary N) is 3. The molecule has 4 rings (SSSR count). The first-order chi connectivity index (χ1) is 20.1. The van der Waals surface area contributed by atoms with Crippen LogP contribution in [0.25, 0.3) is 0 Å². The van der Waals surface area contributed by atoms with Gasteiger partial charge in [0.05, 0.1) is 5.69 Å². The van der Waals surface area contributed by atoms with Gasteiger partial charge in [0.15, 0.2) is 11.1 Å². The Kier molecular flexibility index (Phi) is 10.2. The molecule has 0 aromatic carbocycles. The van der Waals surface area contributed by atoms with Gasteiger partial charge in [-0.3, -0.25) is 24.3 Å². The van der Waals surface area contributed by atoms with Crippen LogP contribution in [0.2, 0.25) is 0 Å². The van der Waals surface area contributed by atoms with Gasteiger partial charge in [-0.05, 0) is 16.8 Å². The largest absolute Gasteiger partial charge is 0.477 e. The molecule has 3 amide bonds. The fourth-order valence-corrected chi connectivity index (χ4v) is 8.18. The summed E-state index contributed by atoms with van der Waals surface area (Å²) in [5.41, 5.74) is 17.1. The van der Waals surface area contributed by atoms with Gasteiger partial charge in [0.25, 0.3) is 11.8 Å². The number of hydrogen-bond acceptors (Lipinski definition) is 14. The zero-order valence-corrected chi connectivity index (χ0v) is 24.7. The van der Waals surface area contributed by atoms with E-state index in [2.05, 4.69) is 30.8 Å². The maximum absolute atomic E-state index is 13.1. The number of aliphatic imine (C=N–C) groups is 1. The minimum atomic E-state index is -1.50. The number of carbonyl (C=O) groups is 4. The predicted molar refractivity (Wildman–Crippen MR) is 160 cm³/mol. The highest BCUT2D eigenvalue weighted by atomic mass is 32.2. The molecule has 0 radical (unpaired) electrons. The van der Waals surface area contributed by atoms with Gasteiger partial charge in [0.2, 0.25) is 12.5 Å². The van der Waals surface area contributed by atoms with Gasteiger partial charge in [-0.25, -0.2) is 14.8 Å². The molecule has 16 nitrogen and oxygen atoms in total. The first kappa shape index (κ1) is 31.1. The summed E-state index contributed by atoms with van der Waals surface area (Å²) in [6.45, 7) is 0. The summed E-state index contributed by atoms with van der Waals surface area (Å²) in [6, 6.07) is -0.809.